The summed E-state index contributed by atoms with van der Waals surface area (Å²) in [5.74, 6) is 0. The van der Waals surface area contributed by atoms with Gasteiger partial charge in [0.25, 0.3) is 0 Å². The number of hydrogen-bond acceptors (Lipinski definition) is 1. The molecule has 0 saturated carbocycles. The molecule has 3 aromatic rings. The predicted octanol–water partition coefficient (Wildman–Crippen LogP) is 4.89. The van der Waals surface area contributed by atoms with Gasteiger partial charge in [-0.3, -0.25) is 0 Å². The lowest BCUT2D eigenvalue weighted by atomic mass is 10.1. The Morgan fingerprint density at radius 1 is 1.16 bits per heavy atom. The number of nitrogens with one attached hydrogen (secondary N) is 3. The Kier molecular flexibility index (Phi) is 4.18. The molecule has 128 valence electrons. The molecule has 5 heteroatoms. The molecule has 1 heterocycles. The van der Waals surface area contributed by atoms with Crippen molar-refractivity contribution in [3.05, 3.63) is 63.8 Å². The first kappa shape index (κ1) is 16.4. The van der Waals surface area contributed by atoms with Gasteiger partial charge in [-0.15, -0.1) is 0 Å². The Labute approximate surface area is 157 Å². The van der Waals surface area contributed by atoms with E-state index in [1.165, 1.54) is 27.7 Å². The number of fused-ring (bicyclic) bond motifs is 3. The highest BCUT2D eigenvalue weighted by Crippen LogP contribution is 2.31. The van der Waals surface area contributed by atoms with Crippen LogP contribution < -0.4 is 10.6 Å². The maximum Gasteiger partial charge on any atom is 0.171 e. The number of aromatic nitrogens is 1. The topological polar surface area (TPSA) is 39.9 Å². The zero-order valence-corrected chi connectivity index (χ0v) is 15.8. The lowest BCUT2D eigenvalue weighted by molar-refractivity contribution is 0.644. The second-order valence-corrected chi connectivity index (χ2v) is 7.64. The summed E-state index contributed by atoms with van der Waals surface area (Å²) in [6, 6.07) is 12.7. The number of aromatic amines is 1. The summed E-state index contributed by atoms with van der Waals surface area (Å²) in [6.07, 6.45) is 1.95. The first-order valence-corrected chi connectivity index (χ1v) is 9.22. The van der Waals surface area contributed by atoms with Gasteiger partial charge in [0.05, 0.1) is 0 Å². The maximum atomic E-state index is 6.01. The van der Waals surface area contributed by atoms with Gasteiger partial charge in [0.2, 0.25) is 0 Å². The molecule has 4 rings (SSSR count). The average Bonchev–Trinajstić information content (AvgIpc) is 3.07. The minimum absolute atomic E-state index is 0.318. The van der Waals surface area contributed by atoms with Crippen molar-refractivity contribution in [2.24, 2.45) is 0 Å². The molecule has 0 radical (unpaired) electrons. The second kappa shape index (κ2) is 6.36. The Morgan fingerprint density at radius 3 is 2.80 bits per heavy atom. The fraction of sp³-hybridized carbons (Fsp3) is 0.250. The van der Waals surface area contributed by atoms with Gasteiger partial charge in [-0.05, 0) is 73.9 Å². The van der Waals surface area contributed by atoms with E-state index in [1.54, 1.807) is 0 Å². The summed E-state index contributed by atoms with van der Waals surface area (Å²) < 4.78 is 0. The van der Waals surface area contributed by atoms with E-state index in [2.05, 4.69) is 40.7 Å². The van der Waals surface area contributed by atoms with Crippen molar-refractivity contribution in [1.82, 2.24) is 10.3 Å². The smallest absolute Gasteiger partial charge is 0.171 e. The molecule has 0 spiro atoms. The van der Waals surface area contributed by atoms with Gasteiger partial charge in [0, 0.05) is 39.8 Å². The van der Waals surface area contributed by atoms with Crippen molar-refractivity contribution in [3.63, 3.8) is 0 Å². The van der Waals surface area contributed by atoms with Crippen LogP contribution in [0.1, 0.15) is 22.4 Å². The van der Waals surface area contributed by atoms with E-state index in [0.717, 1.165) is 29.1 Å². The molecular formula is C20H20ClN3S. The molecule has 3 nitrogen and oxygen atoms in total. The molecule has 0 saturated heterocycles. The highest BCUT2D eigenvalue weighted by Gasteiger charge is 2.26. The fourth-order valence-electron chi connectivity index (χ4n) is 3.60. The Morgan fingerprint density at radius 2 is 2.00 bits per heavy atom. The largest absolute Gasteiger partial charge is 0.359 e. The maximum absolute atomic E-state index is 6.01. The van der Waals surface area contributed by atoms with Crippen molar-refractivity contribution in [2.75, 3.05) is 5.32 Å². The molecule has 0 aliphatic heterocycles. The molecule has 0 bridgehead atoms. The van der Waals surface area contributed by atoms with E-state index in [-0.39, 0.29) is 0 Å². The third kappa shape index (κ3) is 3.24. The first-order valence-electron chi connectivity index (χ1n) is 8.43. The Balaban J connectivity index is 1.45. The summed E-state index contributed by atoms with van der Waals surface area (Å²) in [5, 5.41) is 9.46. The molecule has 1 aliphatic rings. The van der Waals surface area contributed by atoms with Gasteiger partial charge in [0.1, 0.15) is 0 Å². The summed E-state index contributed by atoms with van der Waals surface area (Å²) in [6.45, 7) is 4.16. The van der Waals surface area contributed by atoms with Gasteiger partial charge in [-0.25, -0.2) is 0 Å². The Bertz CT molecular complexity index is 976. The molecule has 2 aromatic carbocycles. The van der Waals surface area contributed by atoms with Crippen molar-refractivity contribution in [1.29, 1.82) is 0 Å². The third-order valence-corrected chi connectivity index (χ3v) is 5.28. The van der Waals surface area contributed by atoms with Crippen LogP contribution in [0.2, 0.25) is 5.02 Å². The molecular weight excluding hydrogens is 350 g/mol. The second-order valence-electron chi connectivity index (χ2n) is 6.79. The van der Waals surface area contributed by atoms with Crippen molar-refractivity contribution < 1.29 is 0 Å². The van der Waals surface area contributed by atoms with Gasteiger partial charge in [-0.1, -0.05) is 23.2 Å². The van der Waals surface area contributed by atoms with E-state index < -0.39 is 0 Å². The van der Waals surface area contributed by atoms with Gasteiger partial charge in [0.15, 0.2) is 5.11 Å². The van der Waals surface area contributed by atoms with E-state index in [1.807, 2.05) is 25.1 Å². The summed E-state index contributed by atoms with van der Waals surface area (Å²) in [4.78, 5) is 3.55. The number of H-pyrrole nitrogens is 1. The lowest BCUT2D eigenvalue weighted by Gasteiger charge is -2.17. The highest BCUT2D eigenvalue weighted by atomic mass is 35.5. The number of rotatable bonds is 2. The first-order chi connectivity index (χ1) is 12.0. The van der Waals surface area contributed by atoms with Crippen LogP contribution in [-0.2, 0) is 12.8 Å². The highest BCUT2D eigenvalue weighted by molar-refractivity contribution is 7.80. The minimum Gasteiger partial charge on any atom is -0.359 e. The summed E-state index contributed by atoms with van der Waals surface area (Å²) in [7, 11) is 0. The normalized spacial score (nSPS) is 16.0. The van der Waals surface area contributed by atoms with E-state index in [4.69, 9.17) is 23.8 Å². The standard InChI is InChI=1S/C20H20ClN3S/c1-11-3-5-18-15(7-11)16-9-14(10-19(16)23-18)22-20(25)24-17-6-4-13(21)8-12(17)2/h3-8,14,23H,9-10H2,1-2H3,(H2,22,24,25). The Hall–Kier alpha value is -2.04. The van der Waals surface area contributed by atoms with Crippen LogP contribution in [-0.4, -0.2) is 16.1 Å². The number of anilines is 1. The molecule has 25 heavy (non-hydrogen) atoms. The number of hydrogen-bond donors (Lipinski definition) is 3. The number of halogens is 1. The molecule has 1 aliphatic carbocycles. The zero-order valence-electron chi connectivity index (χ0n) is 14.2. The van der Waals surface area contributed by atoms with E-state index in [9.17, 15) is 0 Å². The minimum atomic E-state index is 0.318. The van der Waals surface area contributed by atoms with Crippen LogP contribution in [0, 0.1) is 13.8 Å². The SMILES string of the molecule is Cc1ccc2[nH]c3c(c2c1)CC(NC(=S)Nc1ccc(Cl)cc1C)C3. The zero-order chi connectivity index (χ0) is 17.6. The van der Waals surface area contributed by atoms with Gasteiger partial charge < -0.3 is 15.6 Å². The summed E-state index contributed by atoms with van der Waals surface area (Å²) in [5.41, 5.74) is 7.33. The quantitative estimate of drug-likeness (QED) is 0.563. The fourth-order valence-corrected chi connectivity index (χ4v) is 4.11. The van der Waals surface area contributed by atoms with E-state index >= 15 is 0 Å². The third-order valence-electron chi connectivity index (χ3n) is 4.82. The van der Waals surface area contributed by atoms with Gasteiger partial charge >= 0.3 is 0 Å². The number of benzene rings is 2. The van der Waals surface area contributed by atoms with Crippen molar-refractivity contribution in [2.45, 2.75) is 32.7 Å². The molecule has 1 atom stereocenters. The molecule has 0 fully saturated rings. The molecule has 0 amide bonds. The van der Waals surface area contributed by atoms with Crippen LogP contribution in [0.15, 0.2) is 36.4 Å². The average molecular weight is 370 g/mol. The van der Waals surface area contributed by atoms with Crippen molar-refractivity contribution in [3.8, 4) is 0 Å². The van der Waals surface area contributed by atoms with Crippen LogP contribution >= 0.6 is 23.8 Å². The lowest BCUT2D eigenvalue weighted by Crippen LogP contribution is -2.38. The van der Waals surface area contributed by atoms with Crippen molar-refractivity contribution >= 4 is 45.5 Å². The number of thiocarbonyl (C=S) groups is 1. The molecule has 3 N–H and O–H groups in total. The monoisotopic (exact) mass is 369 g/mol. The van der Waals surface area contributed by atoms with Crippen LogP contribution in [0.25, 0.3) is 10.9 Å². The predicted molar refractivity (Wildman–Crippen MR) is 110 cm³/mol. The van der Waals surface area contributed by atoms with E-state index in [0.29, 0.717) is 11.2 Å². The molecule has 1 unspecified atom stereocenters. The van der Waals surface area contributed by atoms with Crippen LogP contribution in [0.4, 0.5) is 5.69 Å². The molecule has 1 aromatic heterocycles. The van der Waals surface area contributed by atoms with Crippen LogP contribution in [0.3, 0.4) is 0 Å². The summed E-state index contributed by atoms with van der Waals surface area (Å²) >= 11 is 11.5. The number of aryl methyl sites for hydroxylation is 2. The van der Waals surface area contributed by atoms with Crippen LogP contribution in [0.5, 0.6) is 0 Å². The van der Waals surface area contributed by atoms with Gasteiger partial charge in [-0.2, -0.15) is 0 Å².